The molecule has 31 heavy (non-hydrogen) atoms. The van der Waals surface area contributed by atoms with E-state index in [9.17, 15) is 19.7 Å². The summed E-state index contributed by atoms with van der Waals surface area (Å²) < 4.78 is 15.8. The minimum atomic E-state index is -0.685. The number of nitro groups is 1. The molecule has 0 amide bonds. The van der Waals surface area contributed by atoms with E-state index < -0.39 is 16.9 Å². The van der Waals surface area contributed by atoms with Gasteiger partial charge in [-0.15, -0.1) is 0 Å². The number of aliphatic imine (C=N–C) groups is 1. The number of benzene rings is 2. The molecule has 0 bridgehead atoms. The Bertz CT molecular complexity index is 1130. The summed E-state index contributed by atoms with van der Waals surface area (Å²) in [5.74, 6) is -0.820. The zero-order valence-corrected chi connectivity index (χ0v) is 17.4. The van der Waals surface area contributed by atoms with Crippen molar-refractivity contribution < 1.29 is 28.7 Å². The predicted molar refractivity (Wildman–Crippen MR) is 112 cm³/mol. The molecule has 9 nitrogen and oxygen atoms in total. The maximum Gasteiger partial charge on any atom is 0.363 e. The third-order valence-electron chi connectivity index (χ3n) is 4.53. The number of nitro benzene ring substituents is 1. The number of nitrogens with zero attached hydrogens (tertiary/aromatic N) is 2. The van der Waals surface area contributed by atoms with Gasteiger partial charge >= 0.3 is 11.9 Å². The van der Waals surface area contributed by atoms with Crippen molar-refractivity contribution in [2.24, 2.45) is 10.9 Å². The van der Waals surface area contributed by atoms with Crippen LogP contribution in [-0.2, 0) is 14.3 Å². The van der Waals surface area contributed by atoms with Gasteiger partial charge in [-0.1, -0.05) is 26.0 Å². The molecule has 0 unspecified atom stereocenters. The molecule has 0 spiro atoms. The SMILES string of the molecule is COc1cc(/C=C2\N=C(c3cccc([N+](=O)[O-])c3C)OC2=O)ccc1OC(=O)C(C)C. The summed E-state index contributed by atoms with van der Waals surface area (Å²) in [7, 11) is 1.43. The zero-order valence-electron chi connectivity index (χ0n) is 17.4. The molecular formula is C22H20N2O7. The van der Waals surface area contributed by atoms with Crippen molar-refractivity contribution in [3.63, 3.8) is 0 Å². The first-order chi connectivity index (χ1) is 14.7. The molecule has 0 atom stereocenters. The minimum Gasteiger partial charge on any atom is -0.493 e. The largest absolute Gasteiger partial charge is 0.493 e. The third kappa shape index (κ3) is 4.61. The van der Waals surface area contributed by atoms with E-state index in [-0.39, 0.29) is 28.9 Å². The number of hydrogen-bond acceptors (Lipinski definition) is 8. The standard InChI is InChI=1S/C22H20N2O7/c1-12(2)21(25)30-18-9-8-14(11-19(18)29-4)10-16-22(26)31-20(23-16)15-6-5-7-17(13(15)3)24(27)28/h5-12H,1-4H3/b16-10-. The minimum absolute atomic E-state index is 0.00750. The summed E-state index contributed by atoms with van der Waals surface area (Å²) in [6.07, 6.45) is 1.48. The summed E-state index contributed by atoms with van der Waals surface area (Å²) in [5, 5.41) is 11.2. The van der Waals surface area contributed by atoms with Crippen molar-refractivity contribution in [1.82, 2.24) is 0 Å². The molecule has 1 aliphatic rings. The van der Waals surface area contributed by atoms with E-state index in [2.05, 4.69) is 4.99 Å². The number of esters is 2. The first-order valence-electron chi connectivity index (χ1n) is 9.38. The average molecular weight is 424 g/mol. The molecule has 0 N–H and O–H groups in total. The number of cyclic esters (lactones) is 1. The van der Waals surface area contributed by atoms with Crippen molar-refractivity contribution in [1.29, 1.82) is 0 Å². The molecule has 0 fully saturated rings. The summed E-state index contributed by atoms with van der Waals surface area (Å²) >= 11 is 0. The Labute approximate surface area is 178 Å². The average Bonchev–Trinajstić information content (AvgIpc) is 3.08. The van der Waals surface area contributed by atoms with Crippen molar-refractivity contribution in [3.8, 4) is 11.5 Å². The molecule has 2 aromatic rings. The number of methoxy groups -OCH3 is 1. The fourth-order valence-corrected chi connectivity index (χ4v) is 2.82. The molecular weight excluding hydrogens is 404 g/mol. The van der Waals surface area contributed by atoms with Crippen LogP contribution in [0.5, 0.6) is 11.5 Å². The van der Waals surface area contributed by atoms with E-state index in [0.717, 1.165) is 0 Å². The van der Waals surface area contributed by atoms with Gasteiger partial charge in [-0.2, -0.15) is 0 Å². The lowest BCUT2D eigenvalue weighted by molar-refractivity contribution is -0.385. The van der Waals surface area contributed by atoms with Gasteiger partial charge in [0.2, 0.25) is 5.90 Å². The first-order valence-corrected chi connectivity index (χ1v) is 9.38. The van der Waals surface area contributed by atoms with Gasteiger partial charge in [0, 0.05) is 17.2 Å². The van der Waals surface area contributed by atoms with E-state index >= 15 is 0 Å². The molecule has 2 aromatic carbocycles. The Morgan fingerprint density at radius 1 is 1.23 bits per heavy atom. The second-order valence-electron chi connectivity index (χ2n) is 7.03. The monoisotopic (exact) mass is 424 g/mol. The summed E-state index contributed by atoms with van der Waals surface area (Å²) in [6.45, 7) is 5.00. The lowest BCUT2D eigenvalue weighted by Gasteiger charge is -2.11. The van der Waals surface area contributed by atoms with E-state index in [0.29, 0.717) is 22.4 Å². The summed E-state index contributed by atoms with van der Waals surface area (Å²) in [6, 6.07) is 9.25. The fourth-order valence-electron chi connectivity index (χ4n) is 2.82. The highest BCUT2D eigenvalue weighted by molar-refractivity contribution is 6.13. The van der Waals surface area contributed by atoms with Crippen molar-refractivity contribution in [2.45, 2.75) is 20.8 Å². The van der Waals surface area contributed by atoms with Crippen LogP contribution in [0.15, 0.2) is 47.1 Å². The van der Waals surface area contributed by atoms with E-state index in [1.54, 1.807) is 45.0 Å². The van der Waals surface area contributed by atoms with Crippen LogP contribution in [0, 0.1) is 23.0 Å². The molecule has 0 aromatic heterocycles. The van der Waals surface area contributed by atoms with Gasteiger partial charge < -0.3 is 14.2 Å². The van der Waals surface area contributed by atoms with Crippen LogP contribution in [0.3, 0.4) is 0 Å². The van der Waals surface area contributed by atoms with Gasteiger partial charge in [-0.05, 0) is 36.8 Å². The van der Waals surface area contributed by atoms with Gasteiger partial charge in [0.15, 0.2) is 17.2 Å². The lowest BCUT2D eigenvalue weighted by atomic mass is 10.1. The molecule has 0 aliphatic carbocycles. The second-order valence-corrected chi connectivity index (χ2v) is 7.03. The number of hydrogen-bond donors (Lipinski definition) is 0. The van der Waals surface area contributed by atoms with E-state index in [4.69, 9.17) is 14.2 Å². The van der Waals surface area contributed by atoms with Gasteiger partial charge in [-0.25, -0.2) is 9.79 Å². The Kier molecular flexibility index (Phi) is 6.15. The van der Waals surface area contributed by atoms with Gasteiger partial charge in [0.05, 0.1) is 18.0 Å². The van der Waals surface area contributed by atoms with Crippen LogP contribution < -0.4 is 9.47 Å². The maximum atomic E-state index is 12.3. The van der Waals surface area contributed by atoms with Crippen molar-refractivity contribution in [3.05, 3.63) is 68.9 Å². The van der Waals surface area contributed by atoms with Gasteiger partial charge in [0.25, 0.3) is 5.69 Å². The van der Waals surface area contributed by atoms with Crippen LogP contribution >= 0.6 is 0 Å². The van der Waals surface area contributed by atoms with E-state index in [1.807, 2.05) is 0 Å². The van der Waals surface area contributed by atoms with Crippen LogP contribution in [0.4, 0.5) is 5.69 Å². The van der Waals surface area contributed by atoms with Crippen LogP contribution in [0.1, 0.15) is 30.5 Å². The van der Waals surface area contributed by atoms with E-state index in [1.165, 1.54) is 25.3 Å². The van der Waals surface area contributed by atoms with Crippen LogP contribution in [0.25, 0.3) is 6.08 Å². The molecule has 3 rings (SSSR count). The Balaban J connectivity index is 1.93. The number of carbonyl (C=O) groups excluding carboxylic acids is 2. The maximum absolute atomic E-state index is 12.3. The Hall–Kier alpha value is -4.01. The molecule has 160 valence electrons. The first kappa shape index (κ1) is 21.7. The van der Waals surface area contributed by atoms with Gasteiger partial charge in [-0.3, -0.25) is 14.9 Å². The summed E-state index contributed by atoms with van der Waals surface area (Å²) in [4.78, 5) is 39.0. The van der Waals surface area contributed by atoms with Crippen LogP contribution in [0.2, 0.25) is 0 Å². The summed E-state index contributed by atoms with van der Waals surface area (Å²) in [5.41, 5.74) is 1.20. The number of rotatable bonds is 6. The highest BCUT2D eigenvalue weighted by atomic mass is 16.6. The second kappa shape index (κ2) is 8.78. The molecule has 0 radical (unpaired) electrons. The Morgan fingerprint density at radius 3 is 2.61 bits per heavy atom. The third-order valence-corrected chi connectivity index (χ3v) is 4.53. The molecule has 1 aliphatic heterocycles. The van der Waals surface area contributed by atoms with Crippen molar-refractivity contribution in [2.75, 3.05) is 7.11 Å². The lowest BCUT2D eigenvalue weighted by Crippen LogP contribution is -2.15. The fraction of sp³-hybridized carbons (Fsp3) is 0.227. The molecule has 1 heterocycles. The number of ether oxygens (including phenoxy) is 3. The molecule has 9 heteroatoms. The molecule has 0 saturated heterocycles. The Morgan fingerprint density at radius 2 is 1.97 bits per heavy atom. The number of carbonyl (C=O) groups is 2. The topological polar surface area (TPSA) is 117 Å². The smallest absolute Gasteiger partial charge is 0.363 e. The van der Waals surface area contributed by atoms with Crippen molar-refractivity contribution >= 4 is 29.6 Å². The highest BCUT2D eigenvalue weighted by Crippen LogP contribution is 2.31. The predicted octanol–water partition coefficient (Wildman–Crippen LogP) is 3.82. The van der Waals surface area contributed by atoms with Gasteiger partial charge in [0.1, 0.15) is 0 Å². The zero-order chi connectivity index (χ0) is 22.7. The quantitative estimate of drug-likeness (QED) is 0.227. The molecule has 0 saturated carbocycles. The highest BCUT2D eigenvalue weighted by Gasteiger charge is 2.27. The van der Waals surface area contributed by atoms with Crippen LogP contribution in [-0.4, -0.2) is 29.9 Å². The normalized spacial score (nSPS) is 14.4.